The van der Waals surface area contributed by atoms with Gasteiger partial charge in [-0.3, -0.25) is 10.6 Å². The highest BCUT2D eigenvalue weighted by atomic mass is 16.1. The average molecular weight is 383 g/mol. The van der Waals surface area contributed by atoms with Gasteiger partial charge in [0.05, 0.1) is 5.69 Å². The van der Waals surface area contributed by atoms with Gasteiger partial charge in [-0.2, -0.15) is 0 Å². The van der Waals surface area contributed by atoms with E-state index in [1.807, 2.05) is 52.0 Å². The SMILES string of the molecule is C/C=C\CCc1cc(NC(=O)c2cccc(N)c2)ccc1NN.C=CC.CC. The first-order valence-corrected chi connectivity index (χ1v) is 9.50. The molecule has 0 aliphatic heterocycles. The maximum Gasteiger partial charge on any atom is 0.255 e. The van der Waals surface area contributed by atoms with Crippen LogP contribution in [0, 0.1) is 0 Å². The lowest BCUT2D eigenvalue weighted by molar-refractivity contribution is 0.102. The van der Waals surface area contributed by atoms with E-state index in [0.717, 1.165) is 29.8 Å². The zero-order chi connectivity index (χ0) is 21.4. The van der Waals surface area contributed by atoms with Crippen LogP contribution in [0.5, 0.6) is 0 Å². The second-order valence-electron chi connectivity index (χ2n) is 5.61. The average Bonchev–Trinajstić information content (AvgIpc) is 2.70. The van der Waals surface area contributed by atoms with Gasteiger partial charge in [0, 0.05) is 16.9 Å². The van der Waals surface area contributed by atoms with Crippen molar-refractivity contribution in [2.75, 3.05) is 16.5 Å². The summed E-state index contributed by atoms with van der Waals surface area (Å²) in [5.41, 5.74) is 12.1. The van der Waals surface area contributed by atoms with Crippen LogP contribution in [-0.2, 0) is 6.42 Å². The van der Waals surface area contributed by atoms with Gasteiger partial charge in [-0.15, -0.1) is 6.58 Å². The third kappa shape index (κ3) is 9.05. The maximum atomic E-state index is 12.3. The van der Waals surface area contributed by atoms with Crippen LogP contribution in [0.25, 0.3) is 0 Å². The Morgan fingerprint density at radius 1 is 1.14 bits per heavy atom. The molecule has 0 spiro atoms. The Hall–Kier alpha value is -3.05. The highest BCUT2D eigenvalue weighted by Crippen LogP contribution is 2.22. The summed E-state index contributed by atoms with van der Waals surface area (Å²) in [6.45, 7) is 11.2. The third-order valence-corrected chi connectivity index (χ3v) is 3.48. The molecular formula is C23H34N4O. The minimum Gasteiger partial charge on any atom is -0.399 e. The zero-order valence-corrected chi connectivity index (χ0v) is 17.5. The fourth-order valence-electron chi connectivity index (χ4n) is 2.31. The third-order valence-electron chi connectivity index (χ3n) is 3.48. The van der Waals surface area contributed by atoms with E-state index < -0.39 is 0 Å². The summed E-state index contributed by atoms with van der Waals surface area (Å²) in [5.74, 6) is 5.35. The fraction of sp³-hybridized carbons (Fsp3) is 0.261. The first kappa shape index (κ1) is 24.9. The number of aryl methyl sites for hydroxylation is 1. The Morgan fingerprint density at radius 3 is 2.39 bits per heavy atom. The van der Waals surface area contributed by atoms with E-state index in [1.54, 1.807) is 30.3 Å². The van der Waals surface area contributed by atoms with Crippen LogP contribution in [0.4, 0.5) is 17.1 Å². The molecule has 0 aliphatic carbocycles. The number of amides is 1. The van der Waals surface area contributed by atoms with E-state index in [9.17, 15) is 4.79 Å². The molecule has 0 saturated heterocycles. The molecule has 0 aromatic heterocycles. The van der Waals surface area contributed by atoms with Gasteiger partial charge in [-0.25, -0.2) is 0 Å². The fourth-order valence-corrected chi connectivity index (χ4v) is 2.31. The summed E-state index contributed by atoms with van der Waals surface area (Å²) in [4.78, 5) is 12.3. The second kappa shape index (κ2) is 15.1. The van der Waals surface area contributed by atoms with Crippen LogP contribution in [0.2, 0.25) is 0 Å². The van der Waals surface area contributed by atoms with Crippen molar-refractivity contribution in [1.29, 1.82) is 0 Å². The minimum absolute atomic E-state index is 0.190. The molecule has 0 aliphatic rings. The molecule has 28 heavy (non-hydrogen) atoms. The Balaban J connectivity index is 0.00000133. The number of carbonyl (C=O) groups is 1. The van der Waals surface area contributed by atoms with Crippen molar-refractivity contribution in [2.24, 2.45) is 5.84 Å². The molecule has 2 rings (SSSR count). The van der Waals surface area contributed by atoms with Crippen LogP contribution in [0.1, 0.15) is 50.0 Å². The molecule has 2 aromatic carbocycles. The number of hydrazine groups is 1. The van der Waals surface area contributed by atoms with Gasteiger partial charge in [0.2, 0.25) is 0 Å². The number of anilines is 3. The molecule has 0 fully saturated rings. The van der Waals surface area contributed by atoms with E-state index in [4.69, 9.17) is 11.6 Å². The molecule has 6 N–H and O–H groups in total. The van der Waals surface area contributed by atoms with Crippen LogP contribution in [0.3, 0.4) is 0 Å². The Kier molecular flexibility index (Phi) is 13.4. The molecule has 1 amide bonds. The molecule has 0 atom stereocenters. The summed E-state index contributed by atoms with van der Waals surface area (Å²) in [6, 6.07) is 12.5. The molecule has 0 heterocycles. The van der Waals surface area contributed by atoms with Gasteiger partial charge >= 0.3 is 0 Å². The Morgan fingerprint density at radius 2 is 1.82 bits per heavy atom. The first-order valence-electron chi connectivity index (χ1n) is 9.50. The predicted molar refractivity (Wildman–Crippen MR) is 123 cm³/mol. The molecule has 152 valence electrons. The summed E-state index contributed by atoms with van der Waals surface area (Å²) in [6.07, 6.45) is 7.61. The lowest BCUT2D eigenvalue weighted by Crippen LogP contribution is -2.13. The monoisotopic (exact) mass is 382 g/mol. The summed E-state index contributed by atoms with van der Waals surface area (Å²) in [7, 11) is 0. The Labute approximate surface area is 169 Å². The number of allylic oxidation sites excluding steroid dienone is 3. The van der Waals surface area contributed by atoms with Crippen molar-refractivity contribution in [3.05, 3.63) is 78.4 Å². The van der Waals surface area contributed by atoms with Crippen molar-refractivity contribution in [3.63, 3.8) is 0 Å². The number of nitrogens with two attached hydrogens (primary N) is 2. The quantitative estimate of drug-likeness (QED) is 0.229. The second-order valence-corrected chi connectivity index (χ2v) is 5.61. The number of benzene rings is 2. The van der Waals surface area contributed by atoms with Crippen LogP contribution < -0.4 is 22.3 Å². The topological polar surface area (TPSA) is 93.2 Å². The minimum atomic E-state index is -0.190. The number of nitrogen functional groups attached to an aromatic ring is 2. The lowest BCUT2D eigenvalue weighted by atomic mass is 10.1. The standard InChI is InChI=1S/C18H22N4O.C3H6.C2H6/c1-2-3-4-6-13-12-16(9-10-17(13)22-20)21-18(23)14-7-5-8-15(19)11-14;1-3-2;1-2/h2-3,5,7-12,22H,4,6,19-20H2,1H3,(H,21,23);3H,1H2,2H3;1-2H3/b3-2-;;. The van der Waals surface area contributed by atoms with Crippen LogP contribution >= 0.6 is 0 Å². The van der Waals surface area contributed by atoms with Gasteiger partial charge in [0.1, 0.15) is 0 Å². The van der Waals surface area contributed by atoms with Crippen molar-refractivity contribution in [1.82, 2.24) is 0 Å². The van der Waals surface area contributed by atoms with Gasteiger partial charge in [0.15, 0.2) is 0 Å². The summed E-state index contributed by atoms with van der Waals surface area (Å²) < 4.78 is 0. The van der Waals surface area contributed by atoms with Gasteiger partial charge in [-0.1, -0.05) is 38.1 Å². The van der Waals surface area contributed by atoms with E-state index in [2.05, 4.69) is 23.4 Å². The zero-order valence-electron chi connectivity index (χ0n) is 17.5. The molecule has 2 aromatic rings. The number of carbonyl (C=O) groups excluding carboxylic acids is 1. The van der Waals surface area contributed by atoms with E-state index in [0.29, 0.717) is 11.3 Å². The molecular weight excluding hydrogens is 348 g/mol. The highest BCUT2D eigenvalue weighted by Gasteiger charge is 2.08. The first-order chi connectivity index (χ1) is 13.5. The van der Waals surface area contributed by atoms with Gasteiger partial charge in [0.25, 0.3) is 5.91 Å². The number of hydrogen-bond donors (Lipinski definition) is 4. The molecule has 0 saturated carbocycles. The van der Waals surface area contributed by atoms with Gasteiger partial charge in [-0.05, 0) is 68.7 Å². The predicted octanol–water partition coefficient (Wildman–Crippen LogP) is 5.53. The van der Waals surface area contributed by atoms with Crippen molar-refractivity contribution in [2.45, 2.75) is 40.5 Å². The summed E-state index contributed by atoms with van der Waals surface area (Å²) >= 11 is 0. The van der Waals surface area contributed by atoms with Gasteiger partial charge < -0.3 is 16.5 Å². The van der Waals surface area contributed by atoms with E-state index in [1.165, 1.54) is 0 Å². The van der Waals surface area contributed by atoms with Crippen molar-refractivity contribution < 1.29 is 4.79 Å². The van der Waals surface area contributed by atoms with Crippen molar-refractivity contribution >= 4 is 23.0 Å². The molecule has 0 unspecified atom stereocenters. The lowest BCUT2D eigenvalue weighted by Gasteiger charge is -2.12. The molecule has 5 nitrogen and oxygen atoms in total. The number of nitrogens with one attached hydrogen (secondary N) is 2. The van der Waals surface area contributed by atoms with Crippen LogP contribution in [0.15, 0.2) is 67.3 Å². The maximum absolute atomic E-state index is 12.3. The summed E-state index contributed by atoms with van der Waals surface area (Å²) in [5, 5.41) is 2.89. The largest absolute Gasteiger partial charge is 0.399 e. The van der Waals surface area contributed by atoms with E-state index >= 15 is 0 Å². The number of rotatable bonds is 6. The smallest absolute Gasteiger partial charge is 0.255 e. The molecule has 5 heteroatoms. The van der Waals surface area contributed by atoms with Crippen molar-refractivity contribution in [3.8, 4) is 0 Å². The molecule has 0 radical (unpaired) electrons. The van der Waals surface area contributed by atoms with E-state index in [-0.39, 0.29) is 5.91 Å². The number of hydrogen-bond acceptors (Lipinski definition) is 4. The Bertz CT molecular complexity index is 754. The highest BCUT2D eigenvalue weighted by molar-refractivity contribution is 6.04. The normalized spacial score (nSPS) is 9.46. The molecule has 0 bridgehead atoms. The van der Waals surface area contributed by atoms with Crippen LogP contribution in [-0.4, -0.2) is 5.91 Å².